The summed E-state index contributed by atoms with van der Waals surface area (Å²) in [6, 6.07) is 10.1. The van der Waals surface area contributed by atoms with Crippen LogP contribution in [0.1, 0.15) is 16.1 Å². The Kier molecular flexibility index (Phi) is 3.37. The molecule has 18 heavy (non-hydrogen) atoms. The standard InChI is InChI=1S/C14H12FNO2/c1-10-3-2-4-14(18)16(10)9-13(17)11-5-7-12(15)8-6-11/h2-8H,9H2,1H3. The van der Waals surface area contributed by atoms with E-state index in [9.17, 15) is 14.0 Å². The van der Waals surface area contributed by atoms with Gasteiger partial charge in [0.15, 0.2) is 5.78 Å². The summed E-state index contributed by atoms with van der Waals surface area (Å²) in [7, 11) is 0. The quantitative estimate of drug-likeness (QED) is 0.777. The first kappa shape index (κ1) is 12.2. The molecule has 3 nitrogen and oxygen atoms in total. The van der Waals surface area contributed by atoms with Crippen molar-refractivity contribution in [3.8, 4) is 0 Å². The van der Waals surface area contributed by atoms with Crippen molar-refractivity contribution >= 4 is 5.78 Å². The Morgan fingerprint density at radius 3 is 2.44 bits per heavy atom. The number of ketones is 1. The molecule has 0 radical (unpaired) electrons. The summed E-state index contributed by atoms with van der Waals surface area (Å²) in [5.74, 6) is -0.606. The third-order valence-electron chi connectivity index (χ3n) is 2.74. The number of Topliss-reactive ketones (excluding diaryl/α,β-unsaturated/α-hetero) is 1. The second-order valence-corrected chi connectivity index (χ2v) is 4.02. The number of nitrogens with zero attached hydrogens (tertiary/aromatic N) is 1. The van der Waals surface area contributed by atoms with E-state index in [1.54, 1.807) is 19.1 Å². The Labute approximate surface area is 104 Å². The maximum absolute atomic E-state index is 12.7. The highest BCUT2D eigenvalue weighted by Gasteiger charge is 2.09. The molecule has 0 unspecified atom stereocenters. The minimum absolute atomic E-state index is 0.0306. The minimum atomic E-state index is -0.389. The number of hydrogen-bond acceptors (Lipinski definition) is 2. The van der Waals surface area contributed by atoms with Crippen molar-refractivity contribution in [2.24, 2.45) is 0 Å². The number of aryl methyl sites for hydroxylation is 1. The van der Waals surface area contributed by atoms with Gasteiger partial charge in [-0.05, 0) is 37.3 Å². The van der Waals surface area contributed by atoms with Crippen LogP contribution in [-0.2, 0) is 6.54 Å². The summed E-state index contributed by atoms with van der Waals surface area (Å²) >= 11 is 0. The fraction of sp³-hybridized carbons (Fsp3) is 0.143. The van der Waals surface area contributed by atoms with Gasteiger partial charge in [-0.15, -0.1) is 0 Å². The first-order valence-corrected chi connectivity index (χ1v) is 5.53. The van der Waals surface area contributed by atoms with Gasteiger partial charge >= 0.3 is 0 Å². The zero-order valence-electron chi connectivity index (χ0n) is 9.89. The van der Waals surface area contributed by atoms with Gasteiger partial charge in [0.1, 0.15) is 5.82 Å². The van der Waals surface area contributed by atoms with Gasteiger partial charge in [0.05, 0.1) is 6.54 Å². The van der Waals surface area contributed by atoms with Gasteiger partial charge in [-0.2, -0.15) is 0 Å². The smallest absolute Gasteiger partial charge is 0.251 e. The molecule has 4 heteroatoms. The van der Waals surface area contributed by atoms with Crippen molar-refractivity contribution in [1.82, 2.24) is 4.57 Å². The topological polar surface area (TPSA) is 39.1 Å². The fourth-order valence-electron chi connectivity index (χ4n) is 1.70. The number of carbonyl (C=O) groups is 1. The molecule has 0 saturated heterocycles. The lowest BCUT2D eigenvalue weighted by atomic mass is 10.1. The molecule has 0 spiro atoms. The Morgan fingerprint density at radius 2 is 1.83 bits per heavy atom. The summed E-state index contributed by atoms with van der Waals surface area (Å²) in [5.41, 5.74) is 0.898. The van der Waals surface area contributed by atoms with Gasteiger partial charge in [0.25, 0.3) is 5.56 Å². The van der Waals surface area contributed by atoms with Crippen molar-refractivity contribution in [3.05, 3.63) is 69.9 Å². The zero-order valence-corrected chi connectivity index (χ0v) is 9.89. The van der Waals surface area contributed by atoms with E-state index in [-0.39, 0.29) is 23.7 Å². The molecule has 0 fully saturated rings. The van der Waals surface area contributed by atoms with E-state index in [0.717, 1.165) is 5.69 Å². The van der Waals surface area contributed by atoms with Gasteiger partial charge in [-0.25, -0.2) is 4.39 Å². The molecule has 0 aliphatic rings. The van der Waals surface area contributed by atoms with Gasteiger partial charge in [-0.1, -0.05) is 6.07 Å². The van der Waals surface area contributed by atoms with Gasteiger partial charge in [0.2, 0.25) is 0 Å². The first-order valence-electron chi connectivity index (χ1n) is 5.53. The molecule has 2 rings (SSSR count). The van der Waals surface area contributed by atoms with Crippen molar-refractivity contribution in [2.75, 3.05) is 0 Å². The van der Waals surface area contributed by atoms with Crippen LogP contribution in [0, 0.1) is 12.7 Å². The summed E-state index contributed by atoms with van der Waals surface area (Å²) in [6.07, 6.45) is 0. The van der Waals surface area contributed by atoms with E-state index in [4.69, 9.17) is 0 Å². The molecule has 1 aromatic carbocycles. The number of rotatable bonds is 3. The molecule has 0 N–H and O–H groups in total. The van der Waals surface area contributed by atoms with Crippen LogP contribution in [-0.4, -0.2) is 10.4 Å². The number of pyridine rings is 1. The number of aromatic nitrogens is 1. The second kappa shape index (κ2) is 4.96. The molecule has 0 aliphatic heterocycles. The predicted octanol–water partition coefficient (Wildman–Crippen LogP) is 2.18. The Bertz CT molecular complexity index is 629. The Hall–Kier alpha value is -2.23. The van der Waals surface area contributed by atoms with Crippen LogP contribution in [0.15, 0.2) is 47.3 Å². The summed E-state index contributed by atoms with van der Waals surface area (Å²) in [4.78, 5) is 23.6. The minimum Gasteiger partial charge on any atom is -0.305 e. The number of hydrogen-bond donors (Lipinski definition) is 0. The Morgan fingerprint density at radius 1 is 1.17 bits per heavy atom. The fourth-order valence-corrected chi connectivity index (χ4v) is 1.70. The number of carbonyl (C=O) groups excluding carboxylic acids is 1. The lowest BCUT2D eigenvalue weighted by molar-refractivity contribution is 0.0970. The maximum atomic E-state index is 12.7. The SMILES string of the molecule is Cc1cccc(=O)n1CC(=O)c1ccc(F)cc1. The molecular formula is C14H12FNO2. The van der Waals surface area contributed by atoms with E-state index in [0.29, 0.717) is 5.56 Å². The van der Waals surface area contributed by atoms with Gasteiger partial charge in [-0.3, -0.25) is 9.59 Å². The van der Waals surface area contributed by atoms with Crippen molar-refractivity contribution in [1.29, 1.82) is 0 Å². The average Bonchev–Trinajstić information content (AvgIpc) is 2.34. The summed E-state index contributed by atoms with van der Waals surface area (Å²) < 4.78 is 14.1. The number of benzene rings is 1. The monoisotopic (exact) mass is 245 g/mol. The van der Waals surface area contributed by atoms with Crippen LogP contribution in [0.2, 0.25) is 0 Å². The Balaban J connectivity index is 2.27. The molecule has 1 aromatic heterocycles. The van der Waals surface area contributed by atoms with Gasteiger partial charge in [0, 0.05) is 17.3 Å². The third kappa shape index (κ3) is 2.53. The third-order valence-corrected chi connectivity index (χ3v) is 2.74. The number of halogens is 1. The van der Waals surface area contributed by atoms with Crippen LogP contribution < -0.4 is 5.56 Å². The normalized spacial score (nSPS) is 10.3. The highest BCUT2D eigenvalue weighted by atomic mass is 19.1. The van der Waals surface area contributed by atoms with Crippen molar-refractivity contribution in [2.45, 2.75) is 13.5 Å². The van der Waals surface area contributed by atoms with Crippen molar-refractivity contribution in [3.63, 3.8) is 0 Å². The van der Waals surface area contributed by atoms with E-state index in [2.05, 4.69) is 0 Å². The molecule has 0 bridgehead atoms. The van der Waals surface area contributed by atoms with E-state index >= 15 is 0 Å². The molecule has 2 aromatic rings. The molecule has 0 atom stereocenters. The van der Waals surface area contributed by atoms with Crippen LogP contribution in [0.3, 0.4) is 0 Å². The average molecular weight is 245 g/mol. The van der Waals surface area contributed by atoms with E-state index in [1.807, 2.05) is 0 Å². The van der Waals surface area contributed by atoms with Crippen LogP contribution >= 0.6 is 0 Å². The summed E-state index contributed by atoms with van der Waals surface area (Å²) in [5, 5.41) is 0. The molecule has 0 aliphatic carbocycles. The molecule has 0 saturated carbocycles. The van der Waals surface area contributed by atoms with E-state index < -0.39 is 0 Å². The molecule has 0 amide bonds. The molecular weight excluding hydrogens is 233 g/mol. The second-order valence-electron chi connectivity index (χ2n) is 4.02. The van der Waals surface area contributed by atoms with Crippen LogP contribution in [0.5, 0.6) is 0 Å². The van der Waals surface area contributed by atoms with Crippen molar-refractivity contribution < 1.29 is 9.18 Å². The largest absolute Gasteiger partial charge is 0.305 e. The first-order chi connectivity index (χ1) is 8.58. The molecule has 1 heterocycles. The molecule has 92 valence electrons. The van der Waals surface area contributed by atoms with E-state index in [1.165, 1.54) is 34.9 Å². The predicted molar refractivity (Wildman–Crippen MR) is 66.2 cm³/mol. The maximum Gasteiger partial charge on any atom is 0.251 e. The van der Waals surface area contributed by atoms with Crippen LogP contribution in [0.4, 0.5) is 4.39 Å². The van der Waals surface area contributed by atoms with Gasteiger partial charge < -0.3 is 4.57 Å². The van der Waals surface area contributed by atoms with Crippen LogP contribution in [0.25, 0.3) is 0 Å². The lowest BCUT2D eigenvalue weighted by Gasteiger charge is -2.08. The highest BCUT2D eigenvalue weighted by Crippen LogP contribution is 2.05. The zero-order chi connectivity index (χ0) is 13.1. The lowest BCUT2D eigenvalue weighted by Crippen LogP contribution is -2.25. The summed E-state index contributed by atoms with van der Waals surface area (Å²) in [6.45, 7) is 1.73. The highest BCUT2D eigenvalue weighted by molar-refractivity contribution is 5.95.